The summed E-state index contributed by atoms with van der Waals surface area (Å²) in [6.45, 7) is 1.82. The Morgan fingerprint density at radius 1 is 1.19 bits per heavy atom. The molecule has 0 radical (unpaired) electrons. The van der Waals surface area contributed by atoms with Crippen LogP contribution in [0, 0.1) is 5.92 Å². The summed E-state index contributed by atoms with van der Waals surface area (Å²) >= 11 is 12.1. The molecule has 1 N–H and O–H groups in total. The van der Waals surface area contributed by atoms with Crippen LogP contribution in [0.15, 0.2) is 18.2 Å². The van der Waals surface area contributed by atoms with E-state index in [1.807, 2.05) is 6.92 Å². The Kier molecular flexibility index (Phi) is 5.44. The maximum Gasteiger partial charge on any atom is 0.393 e. The lowest BCUT2D eigenvalue weighted by molar-refractivity contribution is -0.189. The summed E-state index contributed by atoms with van der Waals surface area (Å²) in [5.74, 6) is -1.29. The van der Waals surface area contributed by atoms with E-state index in [1.165, 1.54) is 0 Å². The molecule has 118 valence electrons. The Bertz CT molecular complexity index is 490. The van der Waals surface area contributed by atoms with Crippen LogP contribution in [0.2, 0.25) is 10.0 Å². The zero-order chi connectivity index (χ0) is 15.6. The van der Waals surface area contributed by atoms with Crippen molar-refractivity contribution in [2.24, 2.45) is 5.92 Å². The average molecular weight is 340 g/mol. The predicted molar refractivity (Wildman–Crippen MR) is 79.8 cm³/mol. The van der Waals surface area contributed by atoms with Crippen LogP contribution in [-0.2, 0) is 0 Å². The molecule has 3 unspecified atom stereocenters. The minimum absolute atomic E-state index is 0.192. The van der Waals surface area contributed by atoms with E-state index in [4.69, 9.17) is 23.2 Å². The van der Waals surface area contributed by atoms with E-state index in [0.717, 1.165) is 12.0 Å². The fourth-order valence-corrected chi connectivity index (χ4v) is 3.46. The quantitative estimate of drug-likeness (QED) is 0.737. The molecule has 0 aromatic heterocycles. The second-order valence-electron chi connectivity index (χ2n) is 5.57. The highest BCUT2D eigenvalue weighted by atomic mass is 35.5. The Hall–Kier alpha value is -0.450. The molecule has 1 saturated carbocycles. The minimum Gasteiger partial charge on any atom is -0.307 e. The molecule has 2 rings (SSSR count). The van der Waals surface area contributed by atoms with Crippen molar-refractivity contribution in [1.29, 1.82) is 0 Å². The Balaban J connectivity index is 2.13. The summed E-state index contributed by atoms with van der Waals surface area (Å²) in [5.41, 5.74) is 0.732. The SMILES string of the molecule is CC(NC1CCCCC1C(F)(F)F)c1cccc(Cl)c1Cl. The van der Waals surface area contributed by atoms with Crippen LogP contribution in [0.25, 0.3) is 0 Å². The molecule has 1 fully saturated rings. The molecule has 6 heteroatoms. The number of hydrogen-bond donors (Lipinski definition) is 1. The summed E-state index contributed by atoms with van der Waals surface area (Å²) in [6, 6.07) is 4.37. The lowest BCUT2D eigenvalue weighted by Crippen LogP contribution is -2.46. The van der Waals surface area contributed by atoms with Gasteiger partial charge in [0.1, 0.15) is 0 Å². The summed E-state index contributed by atoms with van der Waals surface area (Å²) in [4.78, 5) is 0. The standard InChI is InChI=1S/C15H18Cl2F3N/c1-9(10-5-4-7-12(16)14(10)17)21-13-8-3-2-6-11(13)15(18,19)20/h4-5,7,9,11,13,21H,2-3,6,8H2,1H3. The summed E-state index contributed by atoms with van der Waals surface area (Å²) in [7, 11) is 0. The molecular formula is C15H18Cl2F3N. The number of halogens is 5. The number of alkyl halides is 3. The van der Waals surface area contributed by atoms with Crippen molar-refractivity contribution < 1.29 is 13.2 Å². The van der Waals surface area contributed by atoms with Crippen molar-refractivity contribution >= 4 is 23.2 Å². The smallest absolute Gasteiger partial charge is 0.307 e. The Morgan fingerprint density at radius 3 is 2.52 bits per heavy atom. The van der Waals surface area contributed by atoms with Crippen LogP contribution in [-0.4, -0.2) is 12.2 Å². The molecule has 1 aromatic rings. The van der Waals surface area contributed by atoms with E-state index in [1.54, 1.807) is 18.2 Å². The lowest BCUT2D eigenvalue weighted by atomic mass is 9.83. The largest absolute Gasteiger partial charge is 0.393 e. The fraction of sp³-hybridized carbons (Fsp3) is 0.600. The number of benzene rings is 1. The molecule has 0 aliphatic heterocycles. The molecule has 1 aliphatic rings. The van der Waals surface area contributed by atoms with Gasteiger partial charge in [-0.05, 0) is 31.4 Å². The highest BCUT2D eigenvalue weighted by Crippen LogP contribution is 2.39. The fourth-order valence-electron chi connectivity index (χ4n) is 2.99. The van der Waals surface area contributed by atoms with Crippen molar-refractivity contribution in [2.45, 2.75) is 50.9 Å². The molecule has 0 bridgehead atoms. The van der Waals surface area contributed by atoms with Gasteiger partial charge in [-0.2, -0.15) is 13.2 Å². The van der Waals surface area contributed by atoms with E-state index in [2.05, 4.69) is 5.32 Å². The van der Waals surface area contributed by atoms with Crippen molar-refractivity contribution in [3.8, 4) is 0 Å². The maximum atomic E-state index is 13.1. The number of rotatable bonds is 3. The van der Waals surface area contributed by atoms with Gasteiger partial charge in [0.05, 0.1) is 16.0 Å². The van der Waals surface area contributed by atoms with Gasteiger partial charge < -0.3 is 5.32 Å². The first-order valence-corrected chi connectivity index (χ1v) is 7.83. The summed E-state index contributed by atoms with van der Waals surface area (Å²) in [5, 5.41) is 3.91. The van der Waals surface area contributed by atoms with Crippen molar-refractivity contribution in [1.82, 2.24) is 5.32 Å². The predicted octanol–water partition coefficient (Wildman–Crippen LogP) is 5.77. The van der Waals surface area contributed by atoms with Crippen molar-refractivity contribution in [3.05, 3.63) is 33.8 Å². The average Bonchev–Trinajstić information content (AvgIpc) is 2.41. The molecule has 1 aliphatic carbocycles. The molecule has 1 nitrogen and oxygen atoms in total. The Labute approximate surface area is 132 Å². The lowest BCUT2D eigenvalue weighted by Gasteiger charge is -2.35. The highest BCUT2D eigenvalue weighted by Gasteiger charge is 2.45. The second-order valence-corrected chi connectivity index (χ2v) is 6.36. The zero-order valence-electron chi connectivity index (χ0n) is 11.7. The van der Waals surface area contributed by atoms with Gasteiger partial charge in [-0.1, -0.05) is 48.2 Å². The first-order valence-electron chi connectivity index (χ1n) is 7.07. The first-order chi connectivity index (χ1) is 9.80. The van der Waals surface area contributed by atoms with E-state index in [0.29, 0.717) is 22.9 Å². The van der Waals surface area contributed by atoms with Gasteiger partial charge in [-0.3, -0.25) is 0 Å². The Morgan fingerprint density at radius 2 is 1.86 bits per heavy atom. The molecule has 0 amide bonds. The molecule has 0 spiro atoms. The normalized spacial score (nSPS) is 24.9. The van der Waals surface area contributed by atoms with Gasteiger partial charge in [-0.25, -0.2) is 0 Å². The molecular weight excluding hydrogens is 322 g/mol. The zero-order valence-corrected chi connectivity index (χ0v) is 13.2. The molecule has 0 saturated heterocycles. The van der Waals surface area contributed by atoms with Crippen LogP contribution < -0.4 is 5.32 Å². The van der Waals surface area contributed by atoms with Crippen molar-refractivity contribution in [2.75, 3.05) is 0 Å². The molecule has 3 atom stereocenters. The first kappa shape index (κ1) is 16.9. The van der Waals surface area contributed by atoms with Crippen LogP contribution in [0.1, 0.15) is 44.2 Å². The van der Waals surface area contributed by atoms with Crippen LogP contribution >= 0.6 is 23.2 Å². The third-order valence-electron chi connectivity index (χ3n) is 4.10. The van der Waals surface area contributed by atoms with E-state index >= 15 is 0 Å². The minimum atomic E-state index is -4.16. The van der Waals surface area contributed by atoms with Crippen molar-refractivity contribution in [3.63, 3.8) is 0 Å². The van der Waals surface area contributed by atoms with Gasteiger partial charge in [-0.15, -0.1) is 0 Å². The number of nitrogens with one attached hydrogen (secondary N) is 1. The van der Waals surface area contributed by atoms with E-state index < -0.39 is 18.1 Å². The number of hydrogen-bond acceptors (Lipinski definition) is 1. The van der Waals surface area contributed by atoms with Gasteiger partial charge in [0.2, 0.25) is 0 Å². The highest BCUT2D eigenvalue weighted by molar-refractivity contribution is 6.42. The molecule has 1 aromatic carbocycles. The molecule has 21 heavy (non-hydrogen) atoms. The van der Waals surface area contributed by atoms with E-state index in [-0.39, 0.29) is 12.5 Å². The van der Waals surface area contributed by atoms with Crippen LogP contribution in [0.3, 0.4) is 0 Å². The monoisotopic (exact) mass is 339 g/mol. The van der Waals surface area contributed by atoms with Gasteiger partial charge >= 0.3 is 6.18 Å². The second kappa shape index (κ2) is 6.76. The van der Waals surface area contributed by atoms with Gasteiger partial charge in [0.25, 0.3) is 0 Å². The van der Waals surface area contributed by atoms with Gasteiger partial charge in [0.15, 0.2) is 0 Å². The molecule has 0 heterocycles. The maximum absolute atomic E-state index is 13.1. The topological polar surface area (TPSA) is 12.0 Å². The van der Waals surface area contributed by atoms with Gasteiger partial charge in [0, 0.05) is 12.1 Å². The van der Waals surface area contributed by atoms with E-state index in [9.17, 15) is 13.2 Å². The summed E-state index contributed by atoms with van der Waals surface area (Å²) in [6.07, 6.45) is -1.98. The summed E-state index contributed by atoms with van der Waals surface area (Å²) < 4.78 is 39.3. The van der Waals surface area contributed by atoms with Crippen LogP contribution in [0.4, 0.5) is 13.2 Å². The van der Waals surface area contributed by atoms with Crippen LogP contribution in [0.5, 0.6) is 0 Å². The third kappa shape index (κ3) is 4.05. The third-order valence-corrected chi connectivity index (χ3v) is 4.93.